The van der Waals surface area contributed by atoms with Crippen molar-refractivity contribution < 1.29 is 38.9 Å². The van der Waals surface area contributed by atoms with E-state index in [1.165, 1.54) is 22.3 Å². The lowest BCUT2D eigenvalue weighted by Gasteiger charge is -2.32. The number of epoxide rings is 1. The molecule has 11 heteroatoms. The number of methoxy groups -OCH3 is 1. The van der Waals surface area contributed by atoms with Crippen LogP contribution < -0.4 is 20.7 Å². The van der Waals surface area contributed by atoms with E-state index >= 15 is 0 Å². The third kappa shape index (κ3) is 19.5. The fourth-order valence-electron chi connectivity index (χ4n) is 5.61. The molecule has 292 valence electrons. The van der Waals surface area contributed by atoms with Gasteiger partial charge in [-0.2, -0.15) is 0 Å². The fraction of sp³-hybridized carbons (Fsp3) is 0.561. The van der Waals surface area contributed by atoms with Gasteiger partial charge in [0.15, 0.2) is 0 Å². The monoisotopic (exact) mass is 727 g/mol. The SMILES string of the molecule is CCc1cc(C)ccc1OC.CNCC(=O)NCC(C)(C)C(CC(C)C)C(=O)O.CNCc1ccc(C2OC2C(C)CC/C=C/C=O)cc1.O=CO. The number of hydrogen-bond donors (Lipinski definition) is 5. The number of ether oxygens (including phenoxy) is 2. The largest absolute Gasteiger partial charge is 0.496 e. The molecule has 11 nitrogen and oxygen atoms in total. The van der Waals surface area contributed by atoms with Crippen molar-refractivity contribution in [1.29, 1.82) is 0 Å². The van der Waals surface area contributed by atoms with Crippen LogP contribution in [-0.4, -0.2) is 75.2 Å². The molecule has 0 radical (unpaired) electrons. The van der Waals surface area contributed by atoms with Gasteiger partial charge in [0.25, 0.3) is 6.47 Å². The zero-order valence-corrected chi connectivity index (χ0v) is 33.0. The van der Waals surface area contributed by atoms with Gasteiger partial charge in [0, 0.05) is 13.1 Å². The highest BCUT2D eigenvalue weighted by Gasteiger charge is 2.43. The Labute approximate surface area is 312 Å². The van der Waals surface area contributed by atoms with Crippen molar-refractivity contribution in [2.75, 3.05) is 34.3 Å². The molecule has 1 aliphatic rings. The quantitative estimate of drug-likeness (QED) is 0.0661. The Hall–Kier alpha value is -4.06. The summed E-state index contributed by atoms with van der Waals surface area (Å²) in [5.74, 6) is 0.480. The van der Waals surface area contributed by atoms with Crippen molar-refractivity contribution in [1.82, 2.24) is 16.0 Å². The molecule has 0 aliphatic carbocycles. The van der Waals surface area contributed by atoms with Crippen LogP contribution in [0.4, 0.5) is 0 Å². The average Bonchev–Trinajstić information content (AvgIpc) is 3.91. The molecule has 3 rings (SSSR count). The highest BCUT2D eigenvalue weighted by Crippen LogP contribution is 2.44. The van der Waals surface area contributed by atoms with Crippen LogP contribution in [0, 0.1) is 30.1 Å². The predicted octanol–water partition coefficient (Wildman–Crippen LogP) is 6.38. The van der Waals surface area contributed by atoms with Crippen LogP contribution in [0.5, 0.6) is 5.75 Å². The van der Waals surface area contributed by atoms with Gasteiger partial charge in [-0.05, 0) is 92.8 Å². The van der Waals surface area contributed by atoms with Crippen molar-refractivity contribution in [2.24, 2.45) is 23.2 Å². The minimum atomic E-state index is -0.795. The summed E-state index contributed by atoms with van der Waals surface area (Å²) in [4.78, 5) is 41.3. The van der Waals surface area contributed by atoms with E-state index in [-0.39, 0.29) is 25.0 Å². The standard InChI is InChI=1S/C17H23NO2.C13H26N2O3.C10H14O.CH2O2/c1-13(6-4-3-5-11-19)16-17(20-16)15-9-7-14(8-10-15)12-18-2;1-9(2)6-10(12(17)18)13(3,4)8-15-11(16)7-14-5;1-4-9-7-8(2)5-6-10(9)11-3;2-1-3/h3,5,7-11,13,16-18H,4,6,12H2,1-2H3;9-10,14H,6-8H2,1-5H3,(H,15,16)(H,17,18);5-7H,4H2,1-3H3;1H,(H,2,3)/b5-3+;;;. The highest BCUT2D eigenvalue weighted by atomic mass is 16.6. The third-order valence-electron chi connectivity index (χ3n) is 8.62. The molecular formula is C41H65N3O8. The summed E-state index contributed by atoms with van der Waals surface area (Å²) >= 11 is 0. The second-order valence-electron chi connectivity index (χ2n) is 14.0. The van der Waals surface area contributed by atoms with Crippen LogP contribution in [0.3, 0.4) is 0 Å². The third-order valence-corrected chi connectivity index (χ3v) is 8.62. The normalized spacial score (nSPS) is 15.8. The van der Waals surface area contributed by atoms with Crippen molar-refractivity contribution >= 4 is 24.6 Å². The van der Waals surface area contributed by atoms with Gasteiger partial charge in [0.2, 0.25) is 5.91 Å². The van der Waals surface area contributed by atoms with E-state index in [0.29, 0.717) is 30.9 Å². The van der Waals surface area contributed by atoms with Gasteiger partial charge in [-0.3, -0.25) is 19.2 Å². The van der Waals surface area contributed by atoms with Crippen molar-refractivity contribution in [3.05, 3.63) is 76.9 Å². The number of carbonyl (C=O) groups is 4. The minimum absolute atomic E-state index is 0.112. The van der Waals surface area contributed by atoms with Gasteiger partial charge >= 0.3 is 5.97 Å². The molecule has 52 heavy (non-hydrogen) atoms. The van der Waals surface area contributed by atoms with Crippen LogP contribution >= 0.6 is 0 Å². The summed E-state index contributed by atoms with van der Waals surface area (Å²) in [6.07, 6.45) is 8.55. The van der Waals surface area contributed by atoms with Gasteiger partial charge in [-0.1, -0.05) is 89.6 Å². The zero-order chi connectivity index (χ0) is 39.7. The number of aliphatic carboxylic acids is 1. The van der Waals surface area contributed by atoms with E-state index in [4.69, 9.17) is 19.4 Å². The molecule has 1 amide bonds. The first-order chi connectivity index (χ1) is 24.6. The number of amides is 1. The first kappa shape index (κ1) is 47.9. The molecule has 2 aromatic carbocycles. The Kier molecular flexibility index (Phi) is 24.6. The fourth-order valence-corrected chi connectivity index (χ4v) is 5.61. The lowest BCUT2D eigenvalue weighted by Crippen LogP contribution is -2.44. The number of aldehydes is 1. The number of benzene rings is 2. The summed E-state index contributed by atoms with van der Waals surface area (Å²) in [5.41, 5.74) is 4.68. The Morgan fingerprint density at radius 2 is 1.67 bits per heavy atom. The van der Waals surface area contributed by atoms with Gasteiger partial charge in [0.05, 0.1) is 25.7 Å². The molecule has 1 fully saturated rings. The number of carboxylic acid groups (broad SMARTS) is 2. The van der Waals surface area contributed by atoms with E-state index in [2.05, 4.69) is 73.1 Å². The molecule has 4 atom stereocenters. The number of hydrogen-bond acceptors (Lipinski definition) is 8. The minimum Gasteiger partial charge on any atom is -0.496 e. The first-order valence-corrected chi connectivity index (χ1v) is 18.0. The van der Waals surface area contributed by atoms with Crippen LogP contribution in [0.1, 0.15) is 89.2 Å². The van der Waals surface area contributed by atoms with Gasteiger partial charge < -0.3 is 35.6 Å². The molecule has 1 heterocycles. The maximum atomic E-state index is 11.4. The predicted molar refractivity (Wildman–Crippen MR) is 208 cm³/mol. The number of allylic oxidation sites excluding steroid dienone is 2. The molecule has 2 aromatic rings. The summed E-state index contributed by atoms with van der Waals surface area (Å²) in [6, 6.07) is 14.9. The molecule has 0 saturated carbocycles. The van der Waals surface area contributed by atoms with Gasteiger partial charge in [-0.25, -0.2) is 0 Å². The number of rotatable bonds is 18. The molecule has 1 saturated heterocycles. The number of carbonyl (C=O) groups excluding carboxylic acids is 2. The number of likely N-dealkylation sites (N-methyl/N-ethyl adjacent to an activating group) is 1. The topological polar surface area (TPSA) is 167 Å². The average molecular weight is 728 g/mol. The smallest absolute Gasteiger partial charge is 0.307 e. The molecule has 5 N–H and O–H groups in total. The van der Waals surface area contributed by atoms with E-state index in [9.17, 15) is 19.5 Å². The molecular weight excluding hydrogens is 662 g/mol. The summed E-state index contributed by atoms with van der Waals surface area (Å²) in [6.45, 7) is 15.5. The van der Waals surface area contributed by atoms with Crippen molar-refractivity contribution in [3.63, 3.8) is 0 Å². The molecule has 1 aliphatic heterocycles. The number of carboxylic acids is 1. The maximum Gasteiger partial charge on any atom is 0.307 e. The Balaban J connectivity index is 0.000000747. The molecule has 4 unspecified atom stereocenters. The highest BCUT2D eigenvalue weighted by molar-refractivity contribution is 5.78. The van der Waals surface area contributed by atoms with E-state index in [0.717, 1.165) is 37.8 Å². The lowest BCUT2D eigenvalue weighted by atomic mass is 9.74. The maximum absolute atomic E-state index is 11.4. The summed E-state index contributed by atoms with van der Waals surface area (Å²) in [5, 5.41) is 24.9. The summed E-state index contributed by atoms with van der Waals surface area (Å²) in [7, 11) is 5.36. The Morgan fingerprint density at radius 1 is 1.04 bits per heavy atom. The molecule has 0 bridgehead atoms. The lowest BCUT2D eigenvalue weighted by molar-refractivity contribution is -0.147. The van der Waals surface area contributed by atoms with Crippen molar-refractivity contribution in [3.8, 4) is 5.75 Å². The first-order valence-electron chi connectivity index (χ1n) is 18.0. The van der Waals surface area contributed by atoms with Gasteiger partial charge in [0.1, 0.15) is 18.1 Å². The summed E-state index contributed by atoms with van der Waals surface area (Å²) < 4.78 is 11.0. The Bertz CT molecular complexity index is 1340. The zero-order valence-electron chi connectivity index (χ0n) is 33.0. The van der Waals surface area contributed by atoms with Crippen molar-refractivity contribution in [2.45, 2.75) is 92.9 Å². The molecule has 0 aromatic heterocycles. The van der Waals surface area contributed by atoms with E-state index in [1.807, 2.05) is 46.9 Å². The van der Waals surface area contributed by atoms with Crippen LogP contribution in [0.2, 0.25) is 0 Å². The second kappa shape index (κ2) is 26.7. The van der Waals surface area contributed by atoms with Gasteiger partial charge in [-0.15, -0.1) is 0 Å². The molecule has 0 spiro atoms. The Morgan fingerprint density at radius 3 is 2.17 bits per heavy atom. The van der Waals surface area contributed by atoms with Crippen LogP contribution in [0.25, 0.3) is 0 Å². The van der Waals surface area contributed by atoms with Crippen LogP contribution in [0.15, 0.2) is 54.6 Å². The number of aryl methyl sites for hydroxylation is 2. The number of nitrogens with one attached hydrogen (secondary N) is 3. The van der Waals surface area contributed by atoms with E-state index in [1.54, 1.807) is 20.2 Å². The second-order valence-corrected chi connectivity index (χ2v) is 14.0. The van der Waals surface area contributed by atoms with E-state index < -0.39 is 17.3 Å². The van der Waals surface area contributed by atoms with Crippen LogP contribution in [-0.2, 0) is 36.9 Å².